The molecule has 4 nitrogen and oxygen atoms in total. The normalized spacial score (nSPS) is 26.5. The Kier molecular flexibility index (Phi) is 2.84. The highest BCUT2D eigenvalue weighted by molar-refractivity contribution is 5.45. The van der Waals surface area contributed by atoms with Crippen LogP contribution in [0.1, 0.15) is 32.6 Å². The maximum absolute atomic E-state index is 5.86. The van der Waals surface area contributed by atoms with E-state index < -0.39 is 0 Å². The Hall–Kier alpha value is -1.19. The Morgan fingerprint density at radius 2 is 2.20 bits per heavy atom. The number of anilines is 1. The van der Waals surface area contributed by atoms with E-state index in [-0.39, 0.29) is 6.10 Å². The zero-order valence-corrected chi connectivity index (χ0v) is 9.44. The van der Waals surface area contributed by atoms with Crippen LogP contribution in [0.3, 0.4) is 0 Å². The quantitative estimate of drug-likeness (QED) is 0.810. The highest BCUT2D eigenvalue weighted by atomic mass is 16.5. The Bertz CT molecular complexity index is 335. The SMILES string of the molecule is CC1CCCCC1Oc1nn(C)cc1N. The van der Waals surface area contributed by atoms with Crippen molar-refractivity contribution in [1.82, 2.24) is 9.78 Å². The van der Waals surface area contributed by atoms with Gasteiger partial charge in [0.25, 0.3) is 5.88 Å². The summed E-state index contributed by atoms with van der Waals surface area (Å²) >= 11 is 0. The predicted octanol–water partition coefficient (Wildman–Crippen LogP) is 1.96. The Labute approximate surface area is 90.4 Å². The fraction of sp³-hybridized carbons (Fsp3) is 0.727. The minimum Gasteiger partial charge on any atom is -0.472 e. The summed E-state index contributed by atoms with van der Waals surface area (Å²) in [7, 11) is 1.85. The zero-order valence-electron chi connectivity index (χ0n) is 9.44. The van der Waals surface area contributed by atoms with Crippen LogP contribution in [0.2, 0.25) is 0 Å². The van der Waals surface area contributed by atoms with Crippen LogP contribution in [-0.2, 0) is 7.05 Å². The summed E-state index contributed by atoms with van der Waals surface area (Å²) in [5.74, 6) is 1.21. The number of hydrogen-bond donors (Lipinski definition) is 1. The molecule has 1 fully saturated rings. The molecule has 0 bridgehead atoms. The van der Waals surface area contributed by atoms with Gasteiger partial charge < -0.3 is 10.5 Å². The average molecular weight is 209 g/mol. The fourth-order valence-corrected chi connectivity index (χ4v) is 2.18. The lowest BCUT2D eigenvalue weighted by atomic mass is 9.88. The minimum absolute atomic E-state index is 0.288. The van der Waals surface area contributed by atoms with Gasteiger partial charge >= 0.3 is 0 Å². The van der Waals surface area contributed by atoms with Crippen LogP contribution in [0.4, 0.5) is 5.69 Å². The molecule has 2 rings (SSSR count). The minimum atomic E-state index is 0.288. The summed E-state index contributed by atoms with van der Waals surface area (Å²) in [6.07, 6.45) is 7.01. The van der Waals surface area contributed by atoms with Crippen molar-refractivity contribution in [2.45, 2.75) is 38.7 Å². The van der Waals surface area contributed by atoms with Gasteiger partial charge in [0.05, 0.1) is 6.20 Å². The maximum Gasteiger partial charge on any atom is 0.256 e. The summed E-state index contributed by atoms with van der Waals surface area (Å²) in [6.45, 7) is 2.24. The van der Waals surface area contributed by atoms with Gasteiger partial charge in [0.1, 0.15) is 11.8 Å². The molecule has 1 heterocycles. The fourth-order valence-electron chi connectivity index (χ4n) is 2.18. The van der Waals surface area contributed by atoms with Gasteiger partial charge in [-0.3, -0.25) is 4.68 Å². The van der Waals surface area contributed by atoms with Crippen LogP contribution in [-0.4, -0.2) is 15.9 Å². The topological polar surface area (TPSA) is 53.1 Å². The van der Waals surface area contributed by atoms with Crippen molar-refractivity contribution in [2.75, 3.05) is 5.73 Å². The van der Waals surface area contributed by atoms with E-state index in [0.717, 1.165) is 6.42 Å². The van der Waals surface area contributed by atoms with Crippen LogP contribution in [0.5, 0.6) is 5.88 Å². The third-order valence-corrected chi connectivity index (χ3v) is 3.12. The molecule has 0 aromatic carbocycles. The standard InChI is InChI=1S/C11H19N3O/c1-8-5-3-4-6-10(8)15-11-9(12)7-14(2)13-11/h7-8,10H,3-6,12H2,1-2H3. The van der Waals surface area contributed by atoms with Gasteiger partial charge in [0.2, 0.25) is 0 Å². The molecule has 1 aliphatic rings. The van der Waals surface area contributed by atoms with Crippen LogP contribution in [0, 0.1) is 5.92 Å². The number of nitrogens with zero attached hydrogens (tertiary/aromatic N) is 2. The van der Waals surface area contributed by atoms with E-state index in [9.17, 15) is 0 Å². The van der Waals surface area contributed by atoms with Crippen LogP contribution >= 0.6 is 0 Å². The number of hydrogen-bond acceptors (Lipinski definition) is 3. The van der Waals surface area contributed by atoms with E-state index in [1.54, 1.807) is 10.9 Å². The van der Waals surface area contributed by atoms with Crippen molar-refractivity contribution in [3.63, 3.8) is 0 Å². The van der Waals surface area contributed by atoms with Crippen molar-refractivity contribution < 1.29 is 4.74 Å². The molecular formula is C11H19N3O. The lowest BCUT2D eigenvalue weighted by Gasteiger charge is -2.28. The third-order valence-electron chi connectivity index (χ3n) is 3.12. The zero-order chi connectivity index (χ0) is 10.8. The first-order chi connectivity index (χ1) is 7.16. The molecule has 1 saturated carbocycles. The first-order valence-electron chi connectivity index (χ1n) is 5.62. The van der Waals surface area contributed by atoms with Gasteiger partial charge in [-0.15, -0.1) is 5.10 Å². The van der Waals surface area contributed by atoms with E-state index in [4.69, 9.17) is 10.5 Å². The highest BCUT2D eigenvalue weighted by Crippen LogP contribution is 2.29. The van der Waals surface area contributed by atoms with Gasteiger partial charge in [0, 0.05) is 7.05 Å². The number of rotatable bonds is 2. The molecule has 84 valence electrons. The largest absolute Gasteiger partial charge is 0.472 e. The van der Waals surface area contributed by atoms with E-state index in [0.29, 0.717) is 17.5 Å². The molecule has 1 aromatic heterocycles. The van der Waals surface area contributed by atoms with E-state index in [1.165, 1.54) is 19.3 Å². The van der Waals surface area contributed by atoms with E-state index in [2.05, 4.69) is 12.0 Å². The average Bonchev–Trinajstić information content (AvgIpc) is 2.49. The van der Waals surface area contributed by atoms with Gasteiger partial charge in [-0.05, 0) is 25.2 Å². The van der Waals surface area contributed by atoms with Crippen molar-refractivity contribution in [2.24, 2.45) is 13.0 Å². The summed E-state index contributed by atoms with van der Waals surface area (Å²) in [4.78, 5) is 0. The van der Waals surface area contributed by atoms with Crippen molar-refractivity contribution in [3.8, 4) is 5.88 Å². The molecule has 2 atom stereocenters. The first kappa shape index (κ1) is 10.3. The molecule has 15 heavy (non-hydrogen) atoms. The maximum atomic E-state index is 5.86. The monoisotopic (exact) mass is 209 g/mol. The number of ether oxygens (including phenoxy) is 1. The molecule has 4 heteroatoms. The summed E-state index contributed by atoms with van der Waals surface area (Å²) in [6, 6.07) is 0. The van der Waals surface area contributed by atoms with Gasteiger partial charge in [-0.2, -0.15) is 0 Å². The summed E-state index contributed by atoms with van der Waals surface area (Å²) < 4.78 is 7.55. The molecule has 1 aromatic rings. The highest BCUT2D eigenvalue weighted by Gasteiger charge is 2.24. The molecule has 0 amide bonds. The van der Waals surface area contributed by atoms with E-state index in [1.807, 2.05) is 7.05 Å². The van der Waals surface area contributed by atoms with Crippen molar-refractivity contribution >= 4 is 5.69 Å². The molecule has 0 spiro atoms. The van der Waals surface area contributed by atoms with Crippen LogP contribution in [0.15, 0.2) is 6.20 Å². The molecule has 1 aliphatic carbocycles. The number of nitrogens with two attached hydrogens (primary N) is 1. The predicted molar refractivity (Wildman–Crippen MR) is 59.7 cm³/mol. The second-order valence-electron chi connectivity index (χ2n) is 4.48. The lowest BCUT2D eigenvalue weighted by molar-refractivity contribution is 0.0976. The molecule has 0 radical (unpaired) electrons. The molecule has 0 saturated heterocycles. The van der Waals surface area contributed by atoms with Crippen LogP contribution < -0.4 is 10.5 Å². The second-order valence-corrected chi connectivity index (χ2v) is 4.48. The Morgan fingerprint density at radius 1 is 1.47 bits per heavy atom. The Balaban J connectivity index is 2.04. The third kappa shape index (κ3) is 2.25. The van der Waals surface area contributed by atoms with Crippen molar-refractivity contribution in [1.29, 1.82) is 0 Å². The second kappa shape index (κ2) is 4.13. The van der Waals surface area contributed by atoms with E-state index >= 15 is 0 Å². The lowest BCUT2D eigenvalue weighted by Crippen LogP contribution is -2.28. The number of nitrogen functional groups attached to an aromatic ring is 1. The number of aryl methyl sites for hydroxylation is 1. The molecular weight excluding hydrogens is 190 g/mol. The first-order valence-corrected chi connectivity index (χ1v) is 5.62. The summed E-state index contributed by atoms with van der Waals surface area (Å²) in [5, 5.41) is 4.21. The van der Waals surface area contributed by atoms with Gasteiger partial charge in [-0.25, -0.2) is 0 Å². The number of aromatic nitrogens is 2. The summed E-state index contributed by atoms with van der Waals surface area (Å²) in [5.41, 5.74) is 6.43. The smallest absolute Gasteiger partial charge is 0.256 e. The Morgan fingerprint density at radius 3 is 2.80 bits per heavy atom. The molecule has 2 unspecified atom stereocenters. The van der Waals surface area contributed by atoms with Crippen LogP contribution in [0.25, 0.3) is 0 Å². The molecule has 0 aliphatic heterocycles. The molecule has 2 N–H and O–H groups in total. The van der Waals surface area contributed by atoms with Crippen molar-refractivity contribution in [3.05, 3.63) is 6.20 Å². The van der Waals surface area contributed by atoms with Gasteiger partial charge in [-0.1, -0.05) is 13.3 Å². The van der Waals surface area contributed by atoms with Gasteiger partial charge in [0.15, 0.2) is 0 Å².